The number of halogens is 3. The normalized spacial score (nSPS) is 10.7. The van der Waals surface area contributed by atoms with Crippen LogP contribution in [0.5, 0.6) is 0 Å². The van der Waals surface area contributed by atoms with Gasteiger partial charge in [0, 0.05) is 0 Å². The van der Waals surface area contributed by atoms with Gasteiger partial charge in [0.1, 0.15) is 0 Å². The van der Waals surface area contributed by atoms with Crippen molar-refractivity contribution in [1.82, 2.24) is 0 Å². The Kier molecular flexibility index (Phi) is 4.64. The van der Waals surface area contributed by atoms with Crippen LogP contribution >= 0.6 is 49.1 Å². The number of carbonyl (C=O) groups is 1. The first-order valence-electron chi connectivity index (χ1n) is 0.883. The van der Waals surface area contributed by atoms with Gasteiger partial charge in [-0.15, -0.1) is 0 Å². The van der Waals surface area contributed by atoms with Crippen LogP contribution in [0.15, 0.2) is 0 Å². The Hall–Kier alpha value is 1.66. The topological polar surface area (TPSA) is 40.1 Å². The SMILES string of the molecule is O=C([O-])I(I)I. The van der Waals surface area contributed by atoms with Gasteiger partial charge in [0.2, 0.25) is 0 Å². The van der Waals surface area contributed by atoms with Crippen molar-refractivity contribution < 1.29 is 9.90 Å². The summed E-state index contributed by atoms with van der Waals surface area (Å²) in [7, 11) is 0. The van der Waals surface area contributed by atoms with E-state index in [-0.39, 0.29) is 0 Å². The van der Waals surface area contributed by atoms with Crippen molar-refractivity contribution in [2.24, 2.45) is 0 Å². The van der Waals surface area contributed by atoms with Crippen LogP contribution < -0.4 is 5.11 Å². The molecule has 0 saturated carbocycles. The first kappa shape index (κ1) is 7.66. The molecule has 0 unspecified atom stereocenters. The third kappa shape index (κ3) is 3.84. The van der Waals surface area contributed by atoms with E-state index in [1.54, 1.807) is 0 Å². The molecule has 0 rings (SSSR count). The van der Waals surface area contributed by atoms with Crippen molar-refractivity contribution in [2.75, 3.05) is 0 Å². The molecule has 6 heavy (non-hydrogen) atoms. The molecular formula is CI3O2-. The minimum atomic E-state index is -1.64. The summed E-state index contributed by atoms with van der Waals surface area (Å²) >= 11 is 2.19. The van der Waals surface area contributed by atoms with Gasteiger partial charge in [0.05, 0.1) is 0 Å². The first-order valence-corrected chi connectivity index (χ1v) is 14.5. The Morgan fingerprint density at radius 2 is 1.83 bits per heavy atom. The van der Waals surface area contributed by atoms with Crippen LogP contribution in [0.2, 0.25) is 0 Å². The molecule has 0 aliphatic rings. The van der Waals surface area contributed by atoms with E-state index in [4.69, 9.17) is 0 Å². The summed E-state index contributed by atoms with van der Waals surface area (Å²) in [6.45, 7) is 0. The van der Waals surface area contributed by atoms with Crippen molar-refractivity contribution in [3.05, 3.63) is 0 Å². The maximum absolute atomic E-state index is 9.64. The Morgan fingerprint density at radius 1 is 1.67 bits per heavy atom. The molecule has 0 saturated heterocycles. The van der Waals surface area contributed by atoms with E-state index in [1.807, 2.05) is 37.2 Å². The third-order valence-corrected chi connectivity index (χ3v) is 5.25. The Morgan fingerprint density at radius 3 is 1.83 bits per heavy atom. The van der Waals surface area contributed by atoms with Gasteiger partial charge in [-0.05, 0) is 0 Å². The molecule has 2 nitrogen and oxygen atoms in total. The fourth-order valence-electron chi connectivity index (χ4n) is 0. The van der Waals surface area contributed by atoms with Crippen LogP contribution in [0.1, 0.15) is 0 Å². The van der Waals surface area contributed by atoms with Crippen LogP contribution in [0.3, 0.4) is 0 Å². The van der Waals surface area contributed by atoms with Gasteiger partial charge in [0.15, 0.2) is 0 Å². The molecule has 0 N–H and O–H groups in total. The van der Waals surface area contributed by atoms with Crippen molar-refractivity contribution in [1.29, 1.82) is 0 Å². The van der Waals surface area contributed by atoms with E-state index >= 15 is 0 Å². The summed E-state index contributed by atoms with van der Waals surface area (Å²) in [5, 5.41) is 9.64. The first-order chi connectivity index (χ1) is 2.64. The summed E-state index contributed by atoms with van der Waals surface area (Å²) in [6.07, 6.45) is 0. The molecule has 0 bridgehead atoms. The van der Waals surface area contributed by atoms with E-state index in [0.29, 0.717) is 0 Å². The van der Waals surface area contributed by atoms with E-state index < -0.39 is 15.8 Å². The zero-order chi connectivity index (χ0) is 5.15. The second kappa shape index (κ2) is 3.64. The van der Waals surface area contributed by atoms with Gasteiger partial charge in [-0.3, -0.25) is 0 Å². The monoisotopic (exact) mass is 425 g/mol. The van der Waals surface area contributed by atoms with Crippen LogP contribution in [0, 0.1) is 0 Å². The molecule has 0 aromatic heterocycles. The average Bonchev–Trinajstić information content (AvgIpc) is 1.36. The Bertz CT molecular complexity index is 59.8. The predicted octanol–water partition coefficient (Wildman–Crippen LogP) is 1.54. The van der Waals surface area contributed by atoms with Crippen molar-refractivity contribution in [3.63, 3.8) is 0 Å². The molecule has 0 aliphatic heterocycles. The van der Waals surface area contributed by atoms with Crippen LogP contribution in [-0.2, 0) is 0 Å². The minimum absolute atomic E-state index is 0.861. The van der Waals surface area contributed by atoms with Crippen molar-refractivity contribution in [3.8, 4) is 0 Å². The molecule has 0 fully saturated rings. The quantitative estimate of drug-likeness (QED) is 0.473. The Balaban J connectivity index is 3.26. The maximum atomic E-state index is 9.64. The fraction of sp³-hybridized carbons (Fsp3) is 0. The number of hydrogen-bond donors (Lipinski definition) is 0. The van der Waals surface area contributed by atoms with Gasteiger partial charge in [0.25, 0.3) is 0 Å². The number of rotatable bonds is 1. The van der Waals surface area contributed by atoms with E-state index in [2.05, 4.69) is 0 Å². The third-order valence-electron chi connectivity index (χ3n) is 0.117. The molecule has 0 atom stereocenters. The molecule has 0 spiro atoms. The number of hydrogen-bond acceptors (Lipinski definition) is 2. The zero-order valence-corrected chi connectivity index (χ0v) is 8.92. The number of carbonyl (C=O) groups excluding carboxylic acids is 1. The summed E-state index contributed by atoms with van der Waals surface area (Å²) < 4.78 is -0.861. The van der Waals surface area contributed by atoms with Crippen LogP contribution in [-0.4, -0.2) is 3.98 Å². The van der Waals surface area contributed by atoms with Gasteiger partial charge in [-0.2, -0.15) is 0 Å². The average molecular weight is 425 g/mol. The fourth-order valence-corrected chi connectivity index (χ4v) is 0. The van der Waals surface area contributed by atoms with Crippen LogP contribution in [0.4, 0.5) is 4.79 Å². The molecule has 0 aromatic carbocycles. The van der Waals surface area contributed by atoms with Crippen molar-refractivity contribution >= 4 is 53.1 Å². The molecule has 0 aliphatic carbocycles. The summed E-state index contributed by atoms with van der Waals surface area (Å²) in [4.78, 5) is 9.64. The molecular weight excluding hydrogens is 425 g/mol. The van der Waals surface area contributed by atoms with E-state index in [1.165, 1.54) is 0 Å². The molecule has 0 amide bonds. The summed E-state index contributed by atoms with van der Waals surface area (Å²) in [5.74, 6) is 0. The predicted molar refractivity (Wildman–Crippen MR) is 47.5 cm³/mol. The molecule has 0 radical (unpaired) electrons. The zero-order valence-electron chi connectivity index (χ0n) is 2.45. The van der Waals surface area contributed by atoms with Crippen LogP contribution in [0.25, 0.3) is 0 Å². The standard InChI is InChI=1S/CHI3O2/c2-4(3)1(5)6/h(H,5,6)/p-1. The van der Waals surface area contributed by atoms with Gasteiger partial charge >= 0.3 is 63.0 Å². The molecule has 0 aromatic rings. The van der Waals surface area contributed by atoms with Crippen molar-refractivity contribution in [2.45, 2.75) is 0 Å². The van der Waals surface area contributed by atoms with E-state index in [9.17, 15) is 9.90 Å². The molecule has 38 valence electrons. The summed E-state index contributed by atoms with van der Waals surface area (Å²) in [5.41, 5.74) is 0. The van der Waals surface area contributed by atoms with Gasteiger partial charge in [-0.25, -0.2) is 0 Å². The summed E-state index contributed by atoms with van der Waals surface area (Å²) in [6, 6.07) is 0. The Labute approximate surface area is 61.8 Å². The van der Waals surface area contributed by atoms with Gasteiger partial charge in [-0.1, -0.05) is 0 Å². The molecule has 5 heteroatoms. The second-order valence-corrected chi connectivity index (χ2v) is 23.8. The van der Waals surface area contributed by atoms with E-state index in [0.717, 1.165) is 0 Å². The van der Waals surface area contributed by atoms with Gasteiger partial charge < -0.3 is 0 Å². The number of carboxylic acid groups (broad SMARTS) is 1. The molecule has 0 heterocycles. The second-order valence-electron chi connectivity index (χ2n) is 0.434.